The number of carbonyl (C=O) groups excluding carboxylic acids is 2. The third-order valence-electron chi connectivity index (χ3n) is 4.04. The molecule has 0 aliphatic heterocycles. The van der Waals surface area contributed by atoms with Crippen LogP contribution in [0.25, 0.3) is 0 Å². The number of ether oxygens (including phenoxy) is 1. The van der Waals surface area contributed by atoms with Crippen molar-refractivity contribution in [2.24, 2.45) is 0 Å². The number of benzene rings is 3. The first kappa shape index (κ1) is 22.0. The molecule has 0 unspecified atom stereocenters. The van der Waals surface area contributed by atoms with Gasteiger partial charge in [-0.1, -0.05) is 23.2 Å². The molecule has 0 bridgehead atoms. The Bertz CT molecular complexity index is 1040. The number of halogens is 2. The molecule has 8 heteroatoms. The molecule has 2 amide bonds. The number of rotatable bonds is 7. The van der Waals surface area contributed by atoms with Gasteiger partial charge in [-0.3, -0.25) is 9.59 Å². The normalized spacial score (nSPS) is 10.4. The smallest absolute Gasteiger partial charge is 0.255 e. The minimum absolute atomic E-state index is 0.157. The molecule has 154 valence electrons. The molecule has 0 aliphatic rings. The van der Waals surface area contributed by atoms with Crippen LogP contribution in [0, 0.1) is 0 Å². The minimum Gasteiger partial charge on any atom is -0.497 e. The Balaban J connectivity index is 1.50. The summed E-state index contributed by atoms with van der Waals surface area (Å²) in [4.78, 5) is 25.3. The van der Waals surface area contributed by atoms with E-state index in [2.05, 4.69) is 10.6 Å². The second kappa shape index (κ2) is 10.4. The van der Waals surface area contributed by atoms with E-state index in [1.54, 1.807) is 61.7 Å². The third kappa shape index (κ3) is 6.16. The van der Waals surface area contributed by atoms with Crippen LogP contribution >= 0.6 is 35.0 Å². The lowest BCUT2D eigenvalue weighted by Crippen LogP contribution is -2.14. The fraction of sp³-hybridized carbons (Fsp3) is 0.0909. The highest BCUT2D eigenvalue weighted by molar-refractivity contribution is 8.00. The van der Waals surface area contributed by atoms with Crippen molar-refractivity contribution in [1.29, 1.82) is 0 Å². The van der Waals surface area contributed by atoms with Gasteiger partial charge in [0.15, 0.2) is 0 Å². The van der Waals surface area contributed by atoms with E-state index >= 15 is 0 Å². The Morgan fingerprint density at radius 1 is 0.867 bits per heavy atom. The molecule has 0 saturated heterocycles. The van der Waals surface area contributed by atoms with E-state index in [-0.39, 0.29) is 17.6 Å². The number of hydrogen-bond donors (Lipinski definition) is 2. The summed E-state index contributed by atoms with van der Waals surface area (Å²) in [6.07, 6.45) is 0. The first-order valence-corrected chi connectivity index (χ1v) is 10.6. The number of anilines is 2. The van der Waals surface area contributed by atoms with Crippen LogP contribution in [0.2, 0.25) is 10.0 Å². The van der Waals surface area contributed by atoms with Crippen LogP contribution in [0.4, 0.5) is 11.4 Å². The maximum atomic E-state index is 12.3. The van der Waals surface area contributed by atoms with Crippen LogP contribution in [0.15, 0.2) is 71.6 Å². The van der Waals surface area contributed by atoms with E-state index in [0.717, 1.165) is 4.90 Å². The monoisotopic (exact) mass is 460 g/mol. The summed E-state index contributed by atoms with van der Waals surface area (Å²) in [6, 6.07) is 19.1. The lowest BCUT2D eigenvalue weighted by atomic mass is 10.2. The van der Waals surface area contributed by atoms with Gasteiger partial charge in [0.05, 0.1) is 22.9 Å². The second-order valence-corrected chi connectivity index (χ2v) is 8.04. The number of thioether (sulfide) groups is 1. The van der Waals surface area contributed by atoms with Gasteiger partial charge < -0.3 is 15.4 Å². The van der Waals surface area contributed by atoms with E-state index in [0.29, 0.717) is 32.7 Å². The maximum Gasteiger partial charge on any atom is 0.255 e. The third-order valence-corrected chi connectivity index (χ3v) is 5.79. The Morgan fingerprint density at radius 2 is 1.53 bits per heavy atom. The van der Waals surface area contributed by atoms with Crippen molar-refractivity contribution in [3.8, 4) is 5.75 Å². The predicted octanol–water partition coefficient (Wildman–Crippen LogP) is 5.99. The molecule has 0 radical (unpaired) electrons. The predicted molar refractivity (Wildman–Crippen MR) is 123 cm³/mol. The van der Waals surface area contributed by atoms with Gasteiger partial charge in [0.25, 0.3) is 5.91 Å². The summed E-state index contributed by atoms with van der Waals surface area (Å²) in [7, 11) is 1.57. The Kier molecular flexibility index (Phi) is 7.63. The van der Waals surface area contributed by atoms with E-state index in [4.69, 9.17) is 27.9 Å². The first-order valence-electron chi connectivity index (χ1n) is 8.88. The highest BCUT2D eigenvalue weighted by Crippen LogP contribution is 2.26. The van der Waals surface area contributed by atoms with Crippen molar-refractivity contribution in [2.45, 2.75) is 4.90 Å². The highest BCUT2D eigenvalue weighted by atomic mass is 35.5. The van der Waals surface area contributed by atoms with Crippen LogP contribution in [-0.4, -0.2) is 24.7 Å². The summed E-state index contributed by atoms with van der Waals surface area (Å²) < 4.78 is 5.09. The minimum atomic E-state index is -0.209. The van der Waals surface area contributed by atoms with Gasteiger partial charge in [0.1, 0.15) is 5.75 Å². The number of hydrogen-bond acceptors (Lipinski definition) is 4. The van der Waals surface area contributed by atoms with E-state index < -0.39 is 0 Å². The molecule has 5 nitrogen and oxygen atoms in total. The molecule has 30 heavy (non-hydrogen) atoms. The van der Waals surface area contributed by atoms with Gasteiger partial charge in [-0.05, 0) is 66.7 Å². The molecule has 3 aromatic rings. The molecular weight excluding hydrogens is 443 g/mol. The molecule has 0 spiro atoms. The van der Waals surface area contributed by atoms with Gasteiger partial charge in [-0.15, -0.1) is 11.8 Å². The number of nitrogens with one attached hydrogen (secondary N) is 2. The second-order valence-electron chi connectivity index (χ2n) is 6.17. The average molecular weight is 461 g/mol. The lowest BCUT2D eigenvalue weighted by Gasteiger charge is -2.08. The summed E-state index contributed by atoms with van der Waals surface area (Å²) in [6.45, 7) is 0. The first-order chi connectivity index (χ1) is 14.4. The van der Waals surface area contributed by atoms with Crippen molar-refractivity contribution in [2.75, 3.05) is 23.5 Å². The fourth-order valence-electron chi connectivity index (χ4n) is 2.50. The lowest BCUT2D eigenvalue weighted by molar-refractivity contribution is -0.113. The summed E-state index contributed by atoms with van der Waals surface area (Å²) in [5.41, 5.74) is 1.79. The van der Waals surface area contributed by atoms with Crippen LogP contribution in [0.1, 0.15) is 10.4 Å². The maximum absolute atomic E-state index is 12.3. The number of methoxy groups -OCH3 is 1. The number of carbonyl (C=O) groups is 2. The quantitative estimate of drug-likeness (QED) is 0.425. The zero-order chi connectivity index (χ0) is 21.5. The standard InChI is InChI=1S/C22H18Cl2N2O3S/c1-29-17-7-2-14(3-8-17)22(28)26-15-4-9-18(10-5-15)30-13-21(27)25-16-6-11-19(23)20(24)12-16/h2-12H,13H2,1H3,(H,25,27)(H,26,28). The Labute approximate surface area is 188 Å². The van der Waals surface area contributed by atoms with Crippen LogP contribution in [0.5, 0.6) is 5.75 Å². The van der Waals surface area contributed by atoms with Crippen molar-refractivity contribution in [3.63, 3.8) is 0 Å². The van der Waals surface area contributed by atoms with Gasteiger partial charge in [0, 0.05) is 21.8 Å². The molecular formula is C22H18Cl2N2O3S. The summed E-state index contributed by atoms with van der Waals surface area (Å²) >= 11 is 13.2. The van der Waals surface area contributed by atoms with Crippen molar-refractivity contribution >= 4 is 58.2 Å². The van der Waals surface area contributed by atoms with E-state index in [9.17, 15) is 9.59 Å². The SMILES string of the molecule is COc1ccc(C(=O)Nc2ccc(SCC(=O)Nc3ccc(Cl)c(Cl)c3)cc2)cc1. The molecule has 3 rings (SSSR count). The molecule has 2 N–H and O–H groups in total. The zero-order valence-electron chi connectivity index (χ0n) is 15.9. The number of amides is 2. The molecule has 0 aliphatic carbocycles. The van der Waals surface area contributed by atoms with Gasteiger partial charge in [-0.25, -0.2) is 0 Å². The van der Waals surface area contributed by atoms with Crippen molar-refractivity contribution in [3.05, 3.63) is 82.3 Å². The molecule has 0 heterocycles. The van der Waals surface area contributed by atoms with Crippen molar-refractivity contribution < 1.29 is 14.3 Å². The summed E-state index contributed by atoms with van der Waals surface area (Å²) in [5, 5.41) is 6.43. The molecule has 0 atom stereocenters. The zero-order valence-corrected chi connectivity index (χ0v) is 18.3. The molecule has 0 aromatic heterocycles. The largest absolute Gasteiger partial charge is 0.497 e. The fourth-order valence-corrected chi connectivity index (χ4v) is 3.50. The van der Waals surface area contributed by atoms with E-state index in [1.165, 1.54) is 11.8 Å². The molecule has 0 fully saturated rings. The highest BCUT2D eigenvalue weighted by Gasteiger charge is 2.08. The topological polar surface area (TPSA) is 67.4 Å². The average Bonchev–Trinajstić information content (AvgIpc) is 2.76. The van der Waals surface area contributed by atoms with E-state index in [1.807, 2.05) is 12.1 Å². The Morgan fingerprint density at radius 3 is 2.17 bits per heavy atom. The van der Waals surface area contributed by atoms with Crippen LogP contribution in [0.3, 0.4) is 0 Å². The van der Waals surface area contributed by atoms with Gasteiger partial charge in [-0.2, -0.15) is 0 Å². The van der Waals surface area contributed by atoms with Crippen LogP contribution in [-0.2, 0) is 4.79 Å². The van der Waals surface area contributed by atoms with Crippen molar-refractivity contribution in [1.82, 2.24) is 0 Å². The Hall–Kier alpha value is -2.67. The van der Waals surface area contributed by atoms with Crippen LogP contribution < -0.4 is 15.4 Å². The molecule has 0 saturated carbocycles. The molecule has 3 aromatic carbocycles. The summed E-state index contributed by atoms with van der Waals surface area (Å²) in [5.74, 6) is 0.558. The van der Waals surface area contributed by atoms with Gasteiger partial charge >= 0.3 is 0 Å². The van der Waals surface area contributed by atoms with Gasteiger partial charge in [0.2, 0.25) is 5.91 Å².